The van der Waals surface area contributed by atoms with Gasteiger partial charge in [-0.15, -0.1) is 0 Å². The lowest BCUT2D eigenvalue weighted by molar-refractivity contribution is -0.136. The van der Waals surface area contributed by atoms with Crippen molar-refractivity contribution in [1.29, 1.82) is 0 Å². The summed E-state index contributed by atoms with van der Waals surface area (Å²) < 4.78 is 5.27. The highest BCUT2D eigenvalue weighted by molar-refractivity contribution is 5.89. The van der Waals surface area contributed by atoms with Crippen LogP contribution in [0.4, 0.5) is 0 Å². The maximum absolute atomic E-state index is 12.9. The van der Waals surface area contributed by atoms with Crippen molar-refractivity contribution in [3.05, 3.63) is 29.3 Å². The summed E-state index contributed by atoms with van der Waals surface area (Å²) in [6.07, 6.45) is 1.17. The van der Waals surface area contributed by atoms with E-state index < -0.39 is 0 Å². The van der Waals surface area contributed by atoms with Gasteiger partial charge in [-0.05, 0) is 50.5 Å². The summed E-state index contributed by atoms with van der Waals surface area (Å²) in [4.78, 5) is 28.8. The van der Waals surface area contributed by atoms with Gasteiger partial charge in [0, 0.05) is 31.6 Å². The van der Waals surface area contributed by atoms with Gasteiger partial charge in [-0.3, -0.25) is 9.59 Å². The zero-order valence-corrected chi connectivity index (χ0v) is 15.0. The number of likely N-dealkylation sites (tertiary alicyclic amines) is 1. The highest BCUT2D eigenvalue weighted by atomic mass is 16.5. The maximum atomic E-state index is 12.9. The van der Waals surface area contributed by atoms with E-state index in [2.05, 4.69) is 6.07 Å². The quantitative estimate of drug-likeness (QED) is 0.835. The van der Waals surface area contributed by atoms with E-state index in [4.69, 9.17) is 4.74 Å². The average Bonchev–Trinajstić information content (AvgIpc) is 2.95. The molecular weight excluding hydrogens is 304 g/mol. The Labute approximate surface area is 143 Å². The van der Waals surface area contributed by atoms with Crippen molar-refractivity contribution in [3.8, 4) is 5.75 Å². The SMILES string of the molecule is COc1ccc2c(c1)CCN(C(=O)C1CC(=O)N(C(C)(C)C)C1)C2. The van der Waals surface area contributed by atoms with Crippen molar-refractivity contribution in [2.24, 2.45) is 5.92 Å². The van der Waals surface area contributed by atoms with Gasteiger partial charge in [-0.2, -0.15) is 0 Å². The van der Waals surface area contributed by atoms with Crippen LogP contribution in [-0.2, 0) is 22.6 Å². The Morgan fingerprint density at radius 3 is 2.62 bits per heavy atom. The third kappa shape index (κ3) is 3.12. The summed E-state index contributed by atoms with van der Waals surface area (Å²) >= 11 is 0. The van der Waals surface area contributed by atoms with E-state index in [-0.39, 0.29) is 23.3 Å². The van der Waals surface area contributed by atoms with Gasteiger partial charge < -0.3 is 14.5 Å². The van der Waals surface area contributed by atoms with E-state index in [1.165, 1.54) is 11.1 Å². The molecule has 2 aliphatic heterocycles. The minimum Gasteiger partial charge on any atom is -0.497 e. The van der Waals surface area contributed by atoms with Crippen LogP contribution >= 0.6 is 0 Å². The lowest BCUT2D eigenvalue weighted by atomic mass is 9.97. The number of carbonyl (C=O) groups is 2. The van der Waals surface area contributed by atoms with E-state index in [0.717, 1.165) is 12.2 Å². The van der Waals surface area contributed by atoms with E-state index in [9.17, 15) is 9.59 Å². The molecule has 0 aromatic heterocycles. The van der Waals surface area contributed by atoms with Crippen molar-refractivity contribution in [2.75, 3.05) is 20.2 Å². The van der Waals surface area contributed by atoms with Crippen LogP contribution in [0.15, 0.2) is 18.2 Å². The smallest absolute Gasteiger partial charge is 0.228 e. The molecule has 5 nitrogen and oxygen atoms in total. The zero-order valence-electron chi connectivity index (χ0n) is 15.0. The number of fused-ring (bicyclic) bond motifs is 1. The molecule has 1 saturated heterocycles. The molecule has 0 aliphatic carbocycles. The molecule has 0 bridgehead atoms. The van der Waals surface area contributed by atoms with Crippen LogP contribution in [0.1, 0.15) is 38.3 Å². The molecular formula is C19H26N2O3. The fourth-order valence-corrected chi connectivity index (χ4v) is 3.62. The molecule has 1 aromatic carbocycles. The predicted molar refractivity (Wildman–Crippen MR) is 91.7 cm³/mol. The summed E-state index contributed by atoms with van der Waals surface area (Å²) in [5, 5.41) is 0. The molecule has 1 aromatic rings. The Morgan fingerprint density at radius 2 is 2.00 bits per heavy atom. The molecule has 24 heavy (non-hydrogen) atoms. The zero-order chi connectivity index (χ0) is 17.5. The maximum Gasteiger partial charge on any atom is 0.228 e. The van der Waals surface area contributed by atoms with Crippen LogP contribution in [0.5, 0.6) is 5.75 Å². The van der Waals surface area contributed by atoms with Crippen LogP contribution in [0, 0.1) is 5.92 Å². The number of hydrogen-bond donors (Lipinski definition) is 0. The van der Waals surface area contributed by atoms with E-state index in [1.54, 1.807) is 7.11 Å². The van der Waals surface area contributed by atoms with Gasteiger partial charge in [-0.1, -0.05) is 6.07 Å². The number of rotatable bonds is 2. The topological polar surface area (TPSA) is 49.9 Å². The molecule has 0 saturated carbocycles. The predicted octanol–water partition coefficient (Wildman–Crippen LogP) is 2.23. The van der Waals surface area contributed by atoms with Crippen LogP contribution in [-0.4, -0.2) is 47.4 Å². The van der Waals surface area contributed by atoms with Gasteiger partial charge in [0.25, 0.3) is 0 Å². The fourth-order valence-electron chi connectivity index (χ4n) is 3.62. The fraction of sp³-hybridized carbons (Fsp3) is 0.579. The first kappa shape index (κ1) is 16.8. The second-order valence-electron chi connectivity index (χ2n) is 7.72. The molecule has 130 valence electrons. The highest BCUT2D eigenvalue weighted by Crippen LogP contribution is 2.29. The first-order chi connectivity index (χ1) is 11.3. The molecule has 2 aliphatic rings. The lowest BCUT2D eigenvalue weighted by Crippen LogP contribution is -2.44. The summed E-state index contributed by atoms with van der Waals surface area (Å²) in [7, 11) is 1.67. The number of nitrogens with zero attached hydrogens (tertiary/aromatic N) is 2. The molecule has 0 spiro atoms. The largest absolute Gasteiger partial charge is 0.497 e. The average molecular weight is 330 g/mol. The number of methoxy groups -OCH3 is 1. The molecule has 0 radical (unpaired) electrons. The Morgan fingerprint density at radius 1 is 1.25 bits per heavy atom. The standard InChI is InChI=1S/C19H26N2O3/c1-19(2,3)21-12-15(10-17(21)22)18(23)20-8-7-13-9-16(24-4)6-5-14(13)11-20/h5-6,9,15H,7-8,10-12H2,1-4H3. The Balaban J connectivity index is 1.70. The molecule has 0 N–H and O–H groups in total. The Kier molecular flexibility index (Phi) is 4.28. The first-order valence-corrected chi connectivity index (χ1v) is 8.54. The van der Waals surface area contributed by atoms with E-state index in [0.29, 0.717) is 26.1 Å². The van der Waals surface area contributed by atoms with Crippen molar-refractivity contribution < 1.29 is 14.3 Å². The summed E-state index contributed by atoms with van der Waals surface area (Å²) in [5.74, 6) is 0.840. The van der Waals surface area contributed by atoms with Gasteiger partial charge in [0.2, 0.25) is 11.8 Å². The second kappa shape index (κ2) is 6.11. The molecule has 5 heteroatoms. The number of carbonyl (C=O) groups excluding carboxylic acids is 2. The van der Waals surface area contributed by atoms with Crippen LogP contribution in [0.3, 0.4) is 0 Å². The van der Waals surface area contributed by atoms with Gasteiger partial charge in [0.05, 0.1) is 13.0 Å². The third-order valence-electron chi connectivity index (χ3n) is 5.02. The molecule has 1 fully saturated rings. The van der Waals surface area contributed by atoms with Gasteiger partial charge in [0.1, 0.15) is 5.75 Å². The Bertz CT molecular complexity index is 663. The summed E-state index contributed by atoms with van der Waals surface area (Å²) in [5.41, 5.74) is 2.20. The number of ether oxygens (including phenoxy) is 1. The minimum atomic E-state index is -0.225. The summed E-state index contributed by atoms with van der Waals surface area (Å²) in [6.45, 7) is 7.91. The molecule has 1 atom stereocenters. The highest BCUT2D eigenvalue weighted by Gasteiger charge is 2.41. The van der Waals surface area contributed by atoms with Crippen LogP contribution < -0.4 is 4.74 Å². The van der Waals surface area contributed by atoms with Gasteiger partial charge in [-0.25, -0.2) is 0 Å². The normalized spacial score (nSPS) is 21.0. The molecule has 1 unspecified atom stereocenters. The third-order valence-corrected chi connectivity index (χ3v) is 5.02. The molecule has 2 heterocycles. The number of benzene rings is 1. The Hall–Kier alpha value is -2.04. The second-order valence-corrected chi connectivity index (χ2v) is 7.72. The van der Waals surface area contributed by atoms with E-state index in [1.807, 2.05) is 42.7 Å². The number of hydrogen-bond acceptors (Lipinski definition) is 3. The monoisotopic (exact) mass is 330 g/mol. The molecule has 3 rings (SSSR count). The lowest BCUT2D eigenvalue weighted by Gasteiger charge is -2.33. The summed E-state index contributed by atoms with van der Waals surface area (Å²) in [6, 6.07) is 6.03. The van der Waals surface area contributed by atoms with E-state index >= 15 is 0 Å². The number of amides is 2. The van der Waals surface area contributed by atoms with Crippen LogP contribution in [0.2, 0.25) is 0 Å². The van der Waals surface area contributed by atoms with Crippen molar-refractivity contribution >= 4 is 11.8 Å². The van der Waals surface area contributed by atoms with Crippen molar-refractivity contribution in [3.63, 3.8) is 0 Å². The van der Waals surface area contributed by atoms with Crippen molar-refractivity contribution in [1.82, 2.24) is 9.80 Å². The first-order valence-electron chi connectivity index (χ1n) is 8.54. The van der Waals surface area contributed by atoms with Crippen molar-refractivity contribution in [2.45, 2.75) is 45.7 Å². The van der Waals surface area contributed by atoms with Crippen LogP contribution in [0.25, 0.3) is 0 Å². The van der Waals surface area contributed by atoms with Gasteiger partial charge >= 0.3 is 0 Å². The molecule has 2 amide bonds. The van der Waals surface area contributed by atoms with Gasteiger partial charge in [0.15, 0.2) is 0 Å². The minimum absolute atomic E-state index is 0.0861.